The summed E-state index contributed by atoms with van der Waals surface area (Å²) in [6, 6.07) is 17.1. The van der Waals surface area contributed by atoms with Crippen molar-refractivity contribution in [2.45, 2.75) is 5.92 Å². The van der Waals surface area contributed by atoms with Crippen LogP contribution in [0, 0.1) is 0 Å². The quantitative estimate of drug-likeness (QED) is 0.899. The van der Waals surface area contributed by atoms with Gasteiger partial charge in [-0.15, -0.1) is 0 Å². The number of amides is 2. The molecule has 0 aliphatic carbocycles. The molecule has 3 rings (SSSR count). The first-order valence-electron chi connectivity index (χ1n) is 6.64. The third-order valence-corrected chi connectivity index (χ3v) is 3.34. The number of para-hydroxylation sites is 2. The maximum atomic E-state index is 11.8. The van der Waals surface area contributed by atoms with E-state index < -0.39 is 0 Å². The second kappa shape index (κ2) is 5.65. The highest BCUT2D eigenvalue weighted by atomic mass is 16.5. The van der Waals surface area contributed by atoms with Gasteiger partial charge in [-0.3, -0.25) is 0 Å². The number of benzene rings is 2. The summed E-state index contributed by atoms with van der Waals surface area (Å²) in [4.78, 5) is 11.8. The van der Waals surface area contributed by atoms with Crippen LogP contribution in [0.15, 0.2) is 54.6 Å². The van der Waals surface area contributed by atoms with Gasteiger partial charge in [0, 0.05) is 23.7 Å². The molecule has 2 N–H and O–H groups in total. The molecule has 4 heteroatoms. The summed E-state index contributed by atoms with van der Waals surface area (Å²) in [5.74, 6) is 1.13. The van der Waals surface area contributed by atoms with Gasteiger partial charge in [-0.2, -0.15) is 0 Å². The number of hydrogen-bond donors (Lipinski definition) is 2. The summed E-state index contributed by atoms with van der Waals surface area (Å²) in [6.07, 6.45) is 0. The van der Waals surface area contributed by atoms with Crippen LogP contribution in [-0.4, -0.2) is 19.2 Å². The number of ether oxygens (including phenoxy) is 1. The molecular formula is C16H16N2O2. The van der Waals surface area contributed by atoms with Gasteiger partial charge in [-0.25, -0.2) is 4.79 Å². The fourth-order valence-corrected chi connectivity index (χ4v) is 2.31. The van der Waals surface area contributed by atoms with Gasteiger partial charge in [0.2, 0.25) is 0 Å². The van der Waals surface area contributed by atoms with E-state index in [4.69, 9.17) is 4.74 Å². The summed E-state index contributed by atoms with van der Waals surface area (Å²) in [5, 5.41) is 5.68. The number of fused-ring (bicyclic) bond motifs is 1. The van der Waals surface area contributed by atoms with Crippen LogP contribution >= 0.6 is 0 Å². The number of anilines is 1. The number of nitrogens with one attached hydrogen (secondary N) is 2. The van der Waals surface area contributed by atoms with E-state index in [2.05, 4.69) is 10.6 Å². The molecule has 1 unspecified atom stereocenters. The fraction of sp³-hybridized carbons (Fsp3) is 0.188. The molecule has 1 aliphatic rings. The number of carbonyl (C=O) groups excluding carboxylic acids is 1. The maximum Gasteiger partial charge on any atom is 0.319 e. The van der Waals surface area contributed by atoms with Crippen molar-refractivity contribution >= 4 is 11.7 Å². The van der Waals surface area contributed by atoms with Crippen LogP contribution in [0.5, 0.6) is 5.75 Å². The Morgan fingerprint density at radius 2 is 1.85 bits per heavy atom. The van der Waals surface area contributed by atoms with Crippen molar-refractivity contribution < 1.29 is 9.53 Å². The van der Waals surface area contributed by atoms with E-state index in [1.807, 2.05) is 54.6 Å². The monoisotopic (exact) mass is 268 g/mol. The zero-order chi connectivity index (χ0) is 13.8. The molecule has 0 radical (unpaired) electrons. The van der Waals surface area contributed by atoms with Gasteiger partial charge in [0.1, 0.15) is 5.75 Å². The highest BCUT2D eigenvalue weighted by Gasteiger charge is 2.23. The van der Waals surface area contributed by atoms with E-state index in [9.17, 15) is 4.79 Å². The van der Waals surface area contributed by atoms with E-state index >= 15 is 0 Å². The average molecular weight is 268 g/mol. The van der Waals surface area contributed by atoms with Crippen LogP contribution < -0.4 is 15.4 Å². The van der Waals surface area contributed by atoms with Gasteiger partial charge in [-0.05, 0) is 18.2 Å². The molecule has 1 atom stereocenters. The predicted octanol–water partition coefficient (Wildman–Crippen LogP) is 2.98. The normalized spacial score (nSPS) is 16.1. The molecule has 0 bridgehead atoms. The molecular weight excluding hydrogens is 252 g/mol. The zero-order valence-electron chi connectivity index (χ0n) is 11.0. The Labute approximate surface area is 117 Å². The first kappa shape index (κ1) is 12.5. The van der Waals surface area contributed by atoms with Crippen molar-refractivity contribution in [1.82, 2.24) is 5.32 Å². The second-order valence-electron chi connectivity index (χ2n) is 4.75. The minimum atomic E-state index is -0.194. The summed E-state index contributed by atoms with van der Waals surface area (Å²) < 4.78 is 5.59. The summed E-state index contributed by atoms with van der Waals surface area (Å²) in [6.45, 7) is 1.18. The predicted molar refractivity (Wildman–Crippen MR) is 78.1 cm³/mol. The molecule has 0 saturated heterocycles. The van der Waals surface area contributed by atoms with Gasteiger partial charge >= 0.3 is 6.03 Å². The first-order chi connectivity index (χ1) is 9.83. The molecule has 4 nitrogen and oxygen atoms in total. The smallest absolute Gasteiger partial charge is 0.319 e. The molecule has 2 amide bonds. The fourth-order valence-electron chi connectivity index (χ4n) is 2.31. The Bertz CT molecular complexity index is 598. The lowest BCUT2D eigenvalue weighted by molar-refractivity contribution is 0.250. The zero-order valence-corrected chi connectivity index (χ0v) is 11.0. The third-order valence-electron chi connectivity index (χ3n) is 3.34. The second-order valence-corrected chi connectivity index (χ2v) is 4.75. The molecule has 102 valence electrons. The summed E-state index contributed by atoms with van der Waals surface area (Å²) in [7, 11) is 0. The topological polar surface area (TPSA) is 50.4 Å². The molecule has 0 fully saturated rings. The SMILES string of the molecule is O=C(NCC1COc2ccccc21)Nc1ccccc1. The molecule has 1 heterocycles. The molecule has 2 aromatic carbocycles. The van der Waals surface area contributed by atoms with Crippen molar-refractivity contribution in [1.29, 1.82) is 0 Å². The lowest BCUT2D eigenvalue weighted by Gasteiger charge is -2.11. The van der Waals surface area contributed by atoms with Gasteiger partial charge in [0.05, 0.1) is 6.61 Å². The minimum absolute atomic E-state index is 0.194. The maximum absolute atomic E-state index is 11.8. The summed E-state index contributed by atoms with van der Waals surface area (Å²) in [5.41, 5.74) is 1.94. The molecule has 0 saturated carbocycles. The minimum Gasteiger partial charge on any atom is -0.493 e. The van der Waals surface area contributed by atoms with Crippen LogP contribution in [0.2, 0.25) is 0 Å². The van der Waals surface area contributed by atoms with Crippen LogP contribution in [0.4, 0.5) is 10.5 Å². The third kappa shape index (κ3) is 2.74. The Balaban J connectivity index is 1.54. The molecule has 20 heavy (non-hydrogen) atoms. The number of rotatable bonds is 3. The van der Waals surface area contributed by atoms with Crippen molar-refractivity contribution in [2.75, 3.05) is 18.5 Å². The van der Waals surface area contributed by atoms with Crippen LogP contribution in [0.25, 0.3) is 0 Å². The van der Waals surface area contributed by atoms with Crippen LogP contribution in [0.3, 0.4) is 0 Å². The van der Waals surface area contributed by atoms with Gasteiger partial charge in [-0.1, -0.05) is 36.4 Å². The van der Waals surface area contributed by atoms with E-state index in [-0.39, 0.29) is 11.9 Å². The molecule has 0 spiro atoms. The Morgan fingerprint density at radius 1 is 1.10 bits per heavy atom. The van der Waals surface area contributed by atoms with Crippen LogP contribution in [-0.2, 0) is 0 Å². The Morgan fingerprint density at radius 3 is 2.70 bits per heavy atom. The lowest BCUT2D eigenvalue weighted by Crippen LogP contribution is -2.32. The highest BCUT2D eigenvalue weighted by Crippen LogP contribution is 2.32. The van der Waals surface area contributed by atoms with Crippen molar-refractivity contribution in [3.63, 3.8) is 0 Å². The standard InChI is InChI=1S/C16H16N2O2/c19-16(18-13-6-2-1-3-7-13)17-10-12-11-20-15-9-5-4-8-14(12)15/h1-9,12H,10-11H2,(H2,17,18,19). The van der Waals surface area contributed by atoms with E-state index in [0.29, 0.717) is 13.2 Å². The first-order valence-corrected chi connectivity index (χ1v) is 6.64. The van der Waals surface area contributed by atoms with E-state index in [1.54, 1.807) is 0 Å². The molecule has 2 aromatic rings. The molecule has 1 aliphatic heterocycles. The van der Waals surface area contributed by atoms with Crippen molar-refractivity contribution in [3.8, 4) is 5.75 Å². The Hall–Kier alpha value is -2.49. The number of carbonyl (C=O) groups is 1. The summed E-state index contributed by atoms with van der Waals surface area (Å²) >= 11 is 0. The number of hydrogen-bond acceptors (Lipinski definition) is 2. The van der Waals surface area contributed by atoms with Gasteiger partial charge in [0.15, 0.2) is 0 Å². The Kier molecular flexibility index (Phi) is 3.54. The largest absolute Gasteiger partial charge is 0.493 e. The van der Waals surface area contributed by atoms with E-state index in [0.717, 1.165) is 17.0 Å². The van der Waals surface area contributed by atoms with Crippen molar-refractivity contribution in [2.24, 2.45) is 0 Å². The van der Waals surface area contributed by atoms with E-state index in [1.165, 1.54) is 0 Å². The highest BCUT2D eigenvalue weighted by molar-refractivity contribution is 5.89. The average Bonchev–Trinajstić information content (AvgIpc) is 2.89. The number of urea groups is 1. The molecule has 0 aromatic heterocycles. The van der Waals surface area contributed by atoms with Crippen molar-refractivity contribution in [3.05, 3.63) is 60.2 Å². The van der Waals surface area contributed by atoms with Crippen LogP contribution in [0.1, 0.15) is 11.5 Å². The van der Waals surface area contributed by atoms with Gasteiger partial charge < -0.3 is 15.4 Å². The van der Waals surface area contributed by atoms with Gasteiger partial charge in [0.25, 0.3) is 0 Å². The lowest BCUT2D eigenvalue weighted by atomic mass is 10.0.